The van der Waals surface area contributed by atoms with E-state index in [0.29, 0.717) is 0 Å². The molecule has 0 radical (unpaired) electrons. The highest BCUT2D eigenvalue weighted by atomic mass is 35.5. The molecule has 0 spiro atoms. The number of alkyl halides is 1. The number of aliphatic hydroxyl groups is 1. The molecule has 0 heterocycles. The number of aliphatic hydroxyl groups excluding tert-OH is 1. The highest BCUT2D eigenvalue weighted by Crippen LogP contribution is 2.22. The molecule has 1 N–H and O–H groups in total. The number of carbonyl (C=O) groups is 1. The lowest BCUT2D eigenvalue weighted by Gasteiger charge is -2.24. The fraction of sp³-hybridized carbons (Fsp3) is 0.900. The molecule has 2 rings (SSSR count). The summed E-state index contributed by atoms with van der Waals surface area (Å²) < 4.78 is 9.13. The van der Waals surface area contributed by atoms with Gasteiger partial charge in [0.1, 0.15) is 6.10 Å². The van der Waals surface area contributed by atoms with E-state index < -0.39 is 6.16 Å². The first-order valence-electron chi connectivity index (χ1n) is 5.30. The third-order valence-corrected chi connectivity index (χ3v) is 2.67. The largest absolute Gasteiger partial charge is 0.509 e. The predicted molar refractivity (Wildman–Crippen MR) is 55.8 cm³/mol. The van der Waals surface area contributed by atoms with Gasteiger partial charge in [-0.3, -0.25) is 0 Å². The van der Waals surface area contributed by atoms with Crippen molar-refractivity contribution < 1.29 is 19.4 Å². The van der Waals surface area contributed by atoms with E-state index in [4.69, 9.17) is 21.4 Å². The molecule has 88 valence electrons. The lowest BCUT2D eigenvalue weighted by Crippen LogP contribution is -2.25. The van der Waals surface area contributed by atoms with Crippen molar-refractivity contribution in [2.24, 2.45) is 0 Å². The third kappa shape index (κ3) is 5.23. The molecule has 0 bridgehead atoms. The van der Waals surface area contributed by atoms with Crippen LogP contribution in [0.15, 0.2) is 0 Å². The summed E-state index contributed by atoms with van der Waals surface area (Å²) in [5, 5.41) is 8.45. The van der Waals surface area contributed by atoms with Crippen LogP contribution in [0.4, 0.5) is 4.79 Å². The van der Waals surface area contributed by atoms with Crippen molar-refractivity contribution in [2.75, 3.05) is 6.07 Å². The van der Waals surface area contributed by atoms with Crippen molar-refractivity contribution in [2.45, 2.75) is 50.7 Å². The van der Waals surface area contributed by atoms with Gasteiger partial charge >= 0.3 is 6.16 Å². The maximum absolute atomic E-state index is 10.5. The van der Waals surface area contributed by atoms with Crippen LogP contribution in [0.3, 0.4) is 0 Å². The smallest absolute Gasteiger partial charge is 0.431 e. The van der Waals surface area contributed by atoms with E-state index in [9.17, 15) is 4.79 Å². The minimum Gasteiger partial charge on any atom is -0.431 e. The summed E-state index contributed by atoms with van der Waals surface area (Å²) >= 11 is 5.12. The van der Waals surface area contributed by atoms with Crippen LogP contribution in [0.2, 0.25) is 0 Å². The van der Waals surface area contributed by atoms with Gasteiger partial charge in [-0.1, -0.05) is 11.6 Å². The molecule has 2 aliphatic rings. The Morgan fingerprint density at radius 3 is 2.07 bits per heavy atom. The fourth-order valence-electron chi connectivity index (χ4n) is 1.09. The molecule has 0 unspecified atom stereocenters. The van der Waals surface area contributed by atoms with E-state index in [-0.39, 0.29) is 18.3 Å². The molecule has 0 aromatic carbocycles. The fourth-order valence-corrected chi connectivity index (χ4v) is 1.18. The summed E-state index contributed by atoms with van der Waals surface area (Å²) in [7, 11) is 0. The van der Waals surface area contributed by atoms with Crippen molar-refractivity contribution in [3.63, 3.8) is 0 Å². The van der Waals surface area contributed by atoms with Gasteiger partial charge in [0, 0.05) is 0 Å². The number of hydrogen-bond donors (Lipinski definition) is 1. The van der Waals surface area contributed by atoms with Gasteiger partial charge in [-0.15, -0.1) is 0 Å². The van der Waals surface area contributed by atoms with Crippen molar-refractivity contribution in [1.29, 1.82) is 0 Å². The second-order valence-electron chi connectivity index (χ2n) is 3.76. The highest BCUT2D eigenvalue weighted by Gasteiger charge is 2.21. The second kappa shape index (κ2) is 6.90. The van der Waals surface area contributed by atoms with Crippen molar-refractivity contribution in [3.8, 4) is 0 Å². The molecule has 4 nitrogen and oxygen atoms in total. The number of rotatable bonds is 2. The van der Waals surface area contributed by atoms with Crippen LogP contribution in [-0.4, -0.2) is 29.5 Å². The molecule has 15 heavy (non-hydrogen) atoms. The quantitative estimate of drug-likeness (QED) is 0.591. The van der Waals surface area contributed by atoms with Crippen LogP contribution in [0.5, 0.6) is 0 Å². The zero-order valence-electron chi connectivity index (χ0n) is 8.65. The van der Waals surface area contributed by atoms with Crippen LogP contribution >= 0.6 is 11.6 Å². The van der Waals surface area contributed by atoms with Crippen LogP contribution in [0.1, 0.15) is 38.5 Å². The van der Waals surface area contributed by atoms with E-state index in [1.165, 1.54) is 6.42 Å². The lowest BCUT2D eigenvalue weighted by atomic mass is 9.96. The van der Waals surface area contributed by atoms with Crippen LogP contribution in [-0.2, 0) is 9.47 Å². The molecule has 2 aliphatic carbocycles. The molecule has 0 aliphatic heterocycles. The first-order valence-corrected chi connectivity index (χ1v) is 5.83. The SMILES string of the molecule is O=C(OCCl)OC1CCC1.OC1CCC1. The molecule has 0 atom stereocenters. The van der Waals surface area contributed by atoms with Crippen molar-refractivity contribution >= 4 is 17.8 Å². The maximum Gasteiger partial charge on any atom is 0.509 e. The van der Waals surface area contributed by atoms with Crippen LogP contribution in [0.25, 0.3) is 0 Å². The van der Waals surface area contributed by atoms with E-state index in [0.717, 1.165) is 32.1 Å². The van der Waals surface area contributed by atoms with E-state index in [1.54, 1.807) is 0 Å². The summed E-state index contributed by atoms with van der Waals surface area (Å²) in [6.07, 6.45) is 5.86. The summed E-state index contributed by atoms with van der Waals surface area (Å²) in [5.74, 6) is 0. The number of halogens is 1. The van der Waals surface area contributed by atoms with Crippen molar-refractivity contribution in [1.82, 2.24) is 0 Å². The summed E-state index contributed by atoms with van der Waals surface area (Å²) in [6, 6.07) is -0.133. The zero-order chi connectivity index (χ0) is 11.1. The zero-order valence-corrected chi connectivity index (χ0v) is 9.41. The van der Waals surface area contributed by atoms with Gasteiger partial charge in [0.25, 0.3) is 0 Å². The normalized spacial score (nSPS) is 20.4. The van der Waals surface area contributed by atoms with E-state index >= 15 is 0 Å². The number of carbonyl (C=O) groups excluding carboxylic acids is 1. The van der Waals surface area contributed by atoms with E-state index in [1.807, 2.05) is 0 Å². The molecule has 5 heteroatoms. The van der Waals surface area contributed by atoms with Gasteiger partial charge in [-0.25, -0.2) is 4.79 Å². The Morgan fingerprint density at radius 1 is 1.27 bits per heavy atom. The van der Waals surface area contributed by atoms with E-state index in [2.05, 4.69) is 4.74 Å². The number of ether oxygens (including phenoxy) is 2. The van der Waals surface area contributed by atoms with Gasteiger partial charge in [0.2, 0.25) is 0 Å². The Morgan fingerprint density at radius 2 is 1.80 bits per heavy atom. The Balaban J connectivity index is 0.000000187. The third-order valence-electron chi connectivity index (χ3n) is 2.56. The van der Waals surface area contributed by atoms with Gasteiger partial charge in [-0.05, 0) is 38.5 Å². The Bertz CT molecular complexity index is 190. The van der Waals surface area contributed by atoms with Gasteiger partial charge in [0.15, 0.2) is 6.07 Å². The molecule has 2 saturated carbocycles. The van der Waals surface area contributed by atoms with Gasteiger partial charge in [0.05, 0.1) is 6.10 Å². The minimum atomic E-state index is -0.653. The first-order chi connectivity index (χ1) is 7.22. The Kier molecular flexibility index (Phi) is 5.79. The second-order valence-corrected chi connectivity index (χ2v) is 3.98. The maximum atomic E-state index is 10.5. The van der Waals surface area contributed by atoms with Gasteiger partial charge < -0.3 is 14.6 Å². The molecule has 0 saturated heterocycles. The molecule has 0 aromatic rings. The summed E-state index contributed by atoms with van der Waals surface area (Å²) in [4.78, 5) is 10.5. The summed E-state index contributed by atoms with van der Waals surface area (Å²) in [5.41, 5.74) is 0. The lowest BCUT2D eigenvalue weighted by molar-refractivity contribution is 0.00341. The average Bonchev–Trinajstić information content (AvgIpc) is 2.10. The van der Waals surface area contributed by atoms with Crippen LogP contribution in [0, 0.1) is 0 Å². The molecular weight excluding hydrogens is 220 g/mol. The molecule has 0 amide bonds. The topological polar surface area (TPSA) is 55.8 Å². The highest BCUT2D eigenvalue weighted by molar-refractivity contribution is 6.17. The Hall–Kier alpha value is -0.480. The monoisotopic (exact) mass is 236 g/mol. The Labute approximate surface area is 94.5 Å². The molecular formula is C10H17ClO4. The standard InChI is InChI=1S/C6H9ClO3.C4H8O/c7-4-9-6(8)10-5-2-1-3-5;5-4-2-1-3-4/h5H,1-4H2;4-5H,1-3H2. The van der Waals surface area contributed by atoms with Crippen molar-refractivity contribution in [3.05, 3.63) is 0 Å². The minimum absolute atomic E-state index is 0.0648. The first kappa shape index (κ1) is 12.6. The number of hydrogen-bond acceptors (Lipinski definition) is 4. The summed E-state index contributed by atoms with van der Waals surface area (Å²) in [6.45, 7) is 0. The van der Waals surface area contributed by atoms with Gasteiger partial charge in [-0.2, -0.15) is 0 Å². The molecule has 0 aromatic heterocycles. The average molecular weight is 237 g/mol. The molecule has 2 fully saturated rings. The predicted octanol–water partition coefficient (Wildman–Crippen LogP) is 2.42. The van der Waals surface area contributed by atoms with Crippen LogP contribution < -0.4 is 0 Å².